The molecule has 5 fully saturated rings. The predicted molar refractivity (Wildman–Crippen MR) is 120 cm³/mol. The normalized spacial score (nSPS) is 34.5. The van der Waals surface area contributed by atoms with Crippen molar-refractivity contribution in [1.82, 2.24) is 29.7 Å². The highest BCUT2D eigenvalue weighted by molar-refractivity contribution is 5.75. The van der Waals surface area contributed by atoms with E-state index in [1.807, 2.05) is 24.7 Å². The second kappa shape index (κ2) is 6.99. The van der Waals surface area contributed by atoms with Gasteiger partial charge in [0.25, 0.3) is 0 Å². The third-order valence-electron chi connectivity index (χ3n) is 8.47. The Labute approximate surface area is 200 Å². The number of aromatic nitrogens is 6. The lowest BCUT2D eigenvalue weighted by Crippen LogP contribution is -2.70. The summed E-state index contributed by atoms with van der Waals surface area (Å²) in [6, 6.07) is 0.502. The van der Waals surface area contributed by atoms with Crippen molar-refractivity contribution in [2.45, 2.75) is 94.6 Å². The molecule has 35 heavy (non-hydrogen) atoms. The van der Waals surface area contributed by atoms with Crippen LogP contribution in [0.5, 0.6) is 0 Å². The van der Waals surface area contributed by atoms with Crippen molar-refractivity contribution < 1.29 is 17.9 Å². The number of hydrogen-bond acceptors (Lipinski definition) is 6. The smallest absolute Gasteiger partial charge is 0.370 e. The van der Waals surface area contributed by atoms with Crippen molar-refractivity contribution in [2.75, 3.05) is 0 Å². The third-order valence-corrected chi connectivity index (χ3v) is 8.47. The van der Waals surface area contributed by atoms with Crippen LogP contribution in [0.15, 0.2) is 18.6 Å². The maximum Gasteiger partial charge on any atom is 0.394 e. The molecule has 4 saturated carbocycles. The molecule has 4 heterocycles. The lowest BCUT2D eigenvalue weighted by Gasteiger charge is -2.70. The lowest BCUT2D eigenvalue weighted by atomic mass is 9.34. The molecule has 8 rings (SSSR count). The molecule has 0 aromatic carbocycles. The summed E-state index contributed by atoms with van der Waals surface area (Å²) in [7, 11) is 0. The van der Waals surface area contributed by atoms with Gasteiger partial charge in [-0.05, 0) is 58.8 Å². The van der Waals surface area contributed by atoms with E-state index in [0.717, 1.165) is 30.5 Å². The van der Waals surface area contributed by atoms with E-state index in [0.29, 0.717) is 35.1 Å². The Kier molecular flexibility index (Phi) is 4.32. The van der Waals surface area contributed by atoms with Crippen molar-refractivity contribution in [3.63, 3.8) is 0 Å². The Morgan fingerprint density at radius 3 is 2.54 bits per heavy atom. The third kappa shape index (κ3) is 3.24. The molecule has 4 aliphatic carbocycles. The molecule has 3 aromatic heterocycles. The minimum absolute atomic E-state index is 0.00202. The van der Waals surface area contributed by atoms with Gasteiger partial charge in [0.2, 0.25) is 0 Å². The topological polar surface area (TPSA) is 78.6 Å². The fraction of sp³-hybridized carbons (Fsp3) is 0.640. The minimum atomic E-state index is -4.17. The zero-order valence-corrected chi connectivity index (χ0v) is 19.7. The van der Waals surface area contributed by atoms with Crippen LogP contribution in [0.2, 0.25) is 0 Å². The van der Waals surface area contributed by atoms with E-state index >= 15 is 0 Å². The van der Waals surface area contributed by atoms with Crippen molar-refractivity contribution in [1.29, 1.82) is 0 Å². The quantitative estimate of drug-likeness (QED) is 0.502. The van der Waals surface area contributed by atoms with Gasteiger partial charge < -0.3 is 4.74 Å². The number of ether oxygens (including phenoxy) is 1. The molecule has 7 nitrogen and oxygen atoms in total. The Morgan fingerprint density at radius 2 is 1.83 bits per heavy atom. The van der Waals surface area contributed by atoms with Crippen LogP contribution >= 0.6 is 0 Å². The SMILES string of the molecule is Cc1cnc2c(C34CC(C(F)(F)F)(C3)C4)nc([C@@H]3C[C@@H](c4cnn(C5CC5)c4)O[C@@H](C)C3)nc2n1. The van der Waals surface area contributed by atoms with E-state index in [1.54, 1.807) is 6.20 Å². The first-order chi connectivity index (χ1) is 16.6. The van der Waals surface area contributed by atoms with Crippen molar-refractivity contribution in [2.24, 2.45) is 5.41 Å². The maximum absolute atomic E-state index is 13.6. The predicted octanol–water partition coefficient (Wildman–Crippen LogP) is 5.27. The van der Waals surface area contributed by atoms with Crippen LogP contribution in [0.4, 0.5) is 13.2 Å². The van der Waals surface area contributed by atoms with Crippen LogP contribution in [-0.2, 0) is 10.2 Å². The number of hydrogen-bond donors (Lipinski definition) is 0. The zero-order valence-electron chi connectivity index (χ0n) is 19.7. The Balaban J connectivity index is 1.24. The van der Waals surface area contributed by atoms with Crippen LogP contribution in [-0.4, -0.2) is 42.0 Å². The second-order valence-electron chi connectivity index (χ2n) is 11.3. The zero-order chi connectivity index (χ0) is 24.2. The summed E-state index contributed by atoms with van der Waals surface area (Å²) in [5.41, 5.74) is 1.32. The fourth-order valence-corrected chi connectivity index (χ4v) is 6.53. The first-order valence-electron chi connectivity index (χ1n) is 12.4. The fourth-order valence-electron chi connectivity index (χ4n) is 6.53. The molecule has 3 aromatic rings. The van der Waals surface area contributed by atoms with Gasteiger partial charge in [-0.3, -0.25) is 4.68 Å². The van der Waals surface area contributed by atoms with E-state index in [-0.39, 0.29) is 37.4 Å². The average Bonchev–Trinajstić information content (AvgIpc) is 3.46. The van der Waals surface area contributed by atoms with Gasteiger partial charge in [-0.1, -0.05) is 0 Å². The van der Waals surface area contributed by atoms with E-state index in [4.69, 9.17) is 14.7 Å². The summed E-state index contributed by atoms with van der Waals surface area (Å²) in [5.74, 6) is 0.662. The van der Waals surface area contributed by atoms with Gasteiger partial charge >= 0.3 is 6.18 Å². The van der Waals surface area contributed by atoms with Crippen LogP contribution in [0.1, 0.15) is 92.7 Å². The van der Waals surface area contributed by atoms with E-state index in [1.165, 1.54) is 0 Å². The molecule has 0 spiro atoms. The second-order valence-corrected chi connectivity index (χ2v) is 11.3. The van der Waals surface area contributed by atoms with Crippen LogP contribution in [0, 0.1) is 12.3 Å². The van der Waals surface area contributed by atoms with Crippen molar-refractivity contribution in [3.05, 3.63) is 41.4 Å². The summed E-state index contributed by atoms with van der Waals surface area (Å²) in [6.45, 7) is 3.89. The number of halogens is 3. The first-order valence-corrected chi connectivity index (χ1v) is 12.4. The summed E-state index contributed by atoms with van der Waals surface area (Å²) in [6.07, 6.45) is 5.34. The Bertz CT molecular complexity index is 1310. The molecule has 184 valence electrons. The summed E-state index contributed by atoms with van der Waals surface area (Å²) in [5, 5.41) is 4.52. The van der Waals surface area contributed by atoms with Gasteiger partial charge in [-0.2, -0.15) is 18.3 Å². The maximum atomic E-state index is 13.6. The molecule has 1 aliphatic heterocycles. The molecule has 0 unspecified atom stereocenters. The standard InChI is InChI=1S/C25H27F3N6O/c1-13-7-29-19-20(23-10-24(11-23,12-23)25(26,27)28)32-21(33-22(19)31-13)15-5-14(2)35-18(6-15)16-8-30-34(9-16)17-3-4-17/h7-9,14-15,17-18H,3-6,10-12H2,1-2H3/t14-,15-,18-,23?,24?/m0/s1. The first kappa shape index (κ1) is 21.6. The Morgan fingerprint density at radius 1 is 1.06 bits per heavy atom. The molecule has 5 aliphatic rings. The highest BCUT2D eigenvalue weighted by Gasteiger charge is 2.79. The Hall–Kier alpha value is -2.62. The number of nitrogens with zero attached hydrogens (tertiary/aromatic N) is 6. The van der Waals surface area contributed by atoms with Crippen LogP contribution in [0.3, 0.4) is 0 Å². The number of rotatable bonds is 4. The van der Waals surface area contributed by atoms with E-state index in [2.05, 4.69) is 21.3 Å². The highest BCUT2D eigenvalue weighted by atomic mass is 19.4. The summed E-state index contributed by atoms with van der Waals surface area (Å²) < 4.78 is 49.0. The number of alkyl halides is 3. The van der Waals surface area contributed by atoms with Gasteiger partial charge in [0.05, 0.1) is 41.2 Å². The van der Waals surface area contributed by atoms with Crippen molar-refractivity contribution in [3.8, 4) is 0 Å². The molecular formula is C25H27F3N6O. The van der Waals surface area contributed by atoms with Crippen LogP contribution in [0.25, 0.3) is 11.2 Å². The minimum Gasteiger partial charge on any atom is -0.370 e. The molecule has 1 saturated heterocycles. The monoisotopic (exact) mass is 484 g/mol. The number of aryl methyl sites for hydroxylation is 1. The largest absolute Gasteiger partial charge is 0.394 e. The molecule has 0 N–H and O–H groups in total. The van der Waals surface area contributed by atoms with Gasteiger partial charge in [0, 0.05) is 29.3 Å². The molecule has 2 bridgehead atoms. The van der Waals surface area contributed by atoms with Gasteiger partial charge in [-0.15, -0.1) is 0 Å². The van der Waals surface area contributed by atoms with Gasteiger partial charge in [0.15, 0.2) is 5.65 Å². The molecule has 0 amide bonds. The van der Waals surface area contributed by atoms with E-state index in [9.17, 15) is 13.2 Å². The summed E-state index contributed by atoms with van der Waals surface area (Å²) >= 11 is 0. The van der Waals surface area contributed by atoms with Crippen molar-refractivity contribution >= 4 is 11.2 Å². The molecule has 0 radical (unpaired) electrons. The average molecular weight is 485 g/mol. The van der Waals surface area contributed by atoms with Gasteiger partial charge in [-0.25, -0.2) is 19.9 Å². The molecule has 3 atom stereocenters. The lowest BCUT2D eigenvalue weighted by molar-refractivity contribution is -0.337. The van der Waals surface area contributed by atoms with E-state index < -0.39 is 17.0 Å². The van der Waals surface area contributed by atoms with Gasteiger partial charge in [0.1, 0.15) is 11.3 Å². The highest BCUT2D eigenvalue weighted by Crippen LogP contribution is 2.78. The molecule has 10 heteroatoms. The van der Waals surface area contributed by atoms with Crippen LogP contribution < -0.4 is 0 Å². The number of fused-ring (bicyclic) bond motifs is 1. The summed E-state index contributed by atoms with van der Waals surface area (Å²) in [4.78, 5) is 18.9. The molecular weight excluding hydrogens is 457 g/mol.